The zero-order valence-corrected chi connectivity index (χ0v) is 26.5. The zero-order chi connectivity index (χ0) is 32.6. The second-order valence-electron chi connectivity index (χ2n) is 10.2. The average molecular weight is 658 g/mol. The molecule has 2 amide bonds. The van der Waals surface area contributed by atoms with Gasteiger partial charge in [-0.15, -0.1) is 0 Å². The summed E-state index contributed by atoms with van der Waals surface area (Å²) < 4.78 is 12.6. The number of pyridine rings is 3. The van der Waals surface area contributed by atoms with E-state index in [1.54, 1.807) is 43.6 Å². The van der Waals surface area contributed by atoms with Crippen molar-refractivity contribution in [3.8, 4) is 11.5 Å². The van der Waals surface area contributed by atoms with Gasteiger partial charge in [-0.25, -0.2) is 9.97 Å². The van der Waals surface area contributed by atoms with Crippen LogP contribution in [0.15, 0.2) is 85.2 Å². The van der Waals surface area contributed by atoms with Gasteiger partial charge in [-0.05, 0) is 67.1 Å². The highest BCUT2D eigenvalue weighted by Gasteiger charge is 2.21. The summed E-state index contributed by atoms with van der Waals surface area (Å²) in [5.74, 6) is 0.480. The number of benzene rings is 2. The van der Waals surface area contributed by atoms with Crippen LogP contribution in [0.1, 0.15) is 22.5 Å². The Morgan fingerprint density at radius 1 is 0.957 bits per heavy atom. The minimum Gasteiger partial charge on any atom is -0.483 e. The van der Waals surface area contributed by atoms with Gasteiger partial charge in [-0.3, -0.25) is 14.6 Å². The average Bonchev–Trinajstić information content (AvgIpc) is 3.06. The second kappa shape index (κ2) is 14.7. The predicted molar refractivity (Wildman–Crippen MR) is 180 cm³/mol. The van der Waals surface area contributed by atoms with Crippen LogP contribution in [-0.4, -0.2) is 40.4 Å². The molecule has 0 atom stereocenters. The molecule has 3 aromatic heterocycles. The molecule has 0 bridgehead atoms. The summed E-state index contributed by atoms with van der Waals surface area (Å²) in [6.07, 6.45) is 6.12. The highest BCUT2D eigenvalue weighted by molar-refractivity contribution is 6.38. The van der Waals surface area contributed by atoms with E-state index >= 15 is 0 Å². The van der Waals surface area contributed by atoms with Gasteiger partial charge in [0, 0.05) is 41.5 Å². The SMILES string of the molecule is Cc1nc2ccccc2c(OCc2ccccn2)c1OCc1c(Cl)ccc(N(C)C(=O)CNC(=O)/C=C/c2ccc(N)nc2)c1Cl. The number of carbonyl (C=O) groups excluding carboxylic acids is 2. The summed E-state index contributed by atoms with van der Waals surface area (Å²) in [6, 6.07) is 19.8. The van der Waals surface area contributed by atoms with Crippen molar-refractivity contribution in [1.82, 2.24) is 20.3 Å². The van der Waals surface area contributed by atoms with Gasteiger partial charge in [0.05, 0.1) is 34.2 Å². The Labute approximate surface area is 275 Å². The number of nitrogens with one attached hydrogen (secondary N) is 1. The number of para-hydroxylation sites is 1. The van der Waals surface area contributed by atoms with E-state index in [0.717, 1.165) is 16.6 Å². The third-order valence-electron chi connectivity index (χ3n) is 6.97. The summed E-state index contributed by atoms with van der Waals surface area (Å²) in [6.45, 7) is 1.76. The minimum absolute atomic E-state index is 0.0319. The number of halogens is 2. The predicted octanol–water partition coefficient (Wildman–Crippen LogP) is 6.17. The fourth-order valence-corrected chi connectivity index (χ4v) is 5.11. The van der Waals surface area contributed by atoms with E-state index in [9.17, 15) is 9.59 Å². The van der Waals surface area contributed by atoms with E-state index in [4.69, 9.17) is 43.4 Å². The van der Waals surface area contributed by atoms with Gasteiger partial charge >= 0.3 is 0 Å². The maximum absolute atomic E-state index is 13.0. The third kappa shape index (κ3) is 7.71. The maximum Gasteiger partial charge on any atom is 0.246 e. The Bertz CT molecular complexity index is 1900. The molecule has 0 saturated carbocycles. The fraction of sp³-hybridized carbons (Fsp3) is 0.147. The Morgan fingerprint density at radius 2 is 1.74 bits per heavy atom. The third-order valence-corrected chi connectivity index (χ3v) is 7.75. The van der Waals surface area contributed by atoms with Crippen molar-refractivity contribution in [2.24, 2.45) is 0 Å². The van der Waals surface area contributed by atoms with Crippen molar-refractivity contribution in [1.29, 1.82) is 0 Å². The number of hydrogen-bond acceptors (Lipinski definition) is 8. The summed E-state index contributed by atoms with van der Waals surface area (Å²) in [4.78, 5) is 39.7. The number of ether oxygens (including phenoxy) is 2. The lowest BCUT2D eigenvalue weighted by molar-refractivity contribution is -0.122. The smallest absolute Gasteiger partial charge is 0.246 e. The molecule has 5 rings (SSSR count). The van der Waals surface area contributed by atoms with E-state index in [0.29, 0.717) is 44.8 Å². The molecule has 0 aliphatic carbocycles. The first kappa shape index (κ1) is 32.2. The molecule has 0 saturated heterocycles. The first-order chi connectivity index (χ1) is 22.2. The van der Waals surface area contributed by atoms with Gasteiger partial charge in [0.15, 0.2) is 11.5 Å². The van der Waals surface area contributed by atoms with Gasteiger partial charge in [0.25, 0.3) is 0 Å². The minimum atomic E-state index is -0.449. The van der Waals surface area contributed by atoms with Crippen LogP contribution in [0.4, 0.5) is 11.5 Å². The number of anilines is 2. The molecule has 5 aromatic rings. The van der Waals surface area contributed by atoms with Crippen LogP contribution in [0.25, 0.3) is 17.0 Å². The van der Waals surface area contributed by atoms with Crippen LogP contribution in [0.2, 0.25) is 10.0 Å². The zero-order valence-electron chi connectivity index (χ0n) is 25.0. The number of fused-ring (bicyclic) bond motifs is 1. The van der Waals surface area contributed by atoms with E-state index in [2.05, 4.69) is 15.3 Å². The first-order valence-corrected chi connectivity index (χ1v) is 14.9. The quantitative estimate of drug-likeness (QED) is 0.161. The molecule has 2 aromatic carbocycles. The molecule has 10 nitrogen and oxygen atoms in total. The Balaban J connectivity index is 1.31. The van der Waals surface area contributed by atoms with Crippen molar-refractivity contribution in [3.63, 3.8) is 0 Å². The van der Waals surface area contributed by atoms with Gasteiger partial charge < -0.3 is 25.4 Å². The normalized spacial score (nSPS) is 11.0. The van der Waals surface area contributed by atoms with E-state index in [1.165, 1.54) is 17.2 Å². The highest BCUT2D eigenvalue weighted by atomic mass is 35.5. The van der Waals surface area contributed by atoms with E-state index in [-0.39, 0.29) is 24.8 Å². The van der Waals surface area contributed by atoms with E-state index in [1.807, 2.05) is 49.4 Å². The number of carbonyl (C=O) groups is 2. The number of likely N-dealkylation sites (N-methyl/N-ethyl adjacent to an activating group) is 1. The highest BCUT2D eigenvalue weighted by Crippen LogP contribution is 2.40. The molecule has 0 aliphatic rings. The van der Waals surface area contributed by atoms with Crippen molar-refractivity contribution < 1.29 is 19.1 Å². The number of rotatable bonds is 11. The van der Waals surface area contributed by atoms with Gasteiger partial charge in [-0.1, -0.05) is 41.4 Å². The molecule has 3 N–H and O–H groups in total. The standard InChI is InChI=1S/C34H30Cl2N6O4/c1-21-33(34(24-8-3-4-9-27(24)41-21)45-19-23-7-5-6-16-38-23)46-20-25-26(35)12-13-28(32(25)36)42(2)31(44)18-40-30(43)15-11-22-10-14-29(37)39-17-22/h3-17H,18-20H2,1-2H3,(H2,37,39)(H,40,43)/b15-11+. The lowest BCUT2D eigenvalue weighted by Crippen LogP contribution is -2.37. The summed E-state index contributed by atoms with van der Waals surface area (Å²) >= 11 is 13.4. The molecular formula is C34H30Cl2N6O4. The van der Waals surface area contributed by atoms with Crippen molar-refractivity contribution in [3.05, 3.63) is 118 Å². The van der Waals surface area contributed by atoms with Gasteiger partial charge in [0.2, 0.25) is 11.8 Å². The molecular weight excluding hydrogens is 627 g/mol. The second-order valence-corrected chi connectivity index (χ2v) is 10.9. The molecule has 12 heteroatoms. The summed E-state index contributed by atoms with van der Waals surface area (Å²) in [5.41, 5.74) is 9.26. The fourth-order valence-electron chi connectivity index (χ4n) is 4.51. The first-order valence-electron chi connectivity index (χ1n) is 14.2. The molecule has 3 heterocycles. The number of hydrogen-bond donors (Lipinski definition) is 2. The molecule has 0 unspecified atom stereocenters. The van der Waals surface area contributed by atoms with Crippen LogP contribution in [-0.2, 0) is 22.8 Å². The van der Waals surface area contributed by atoms with Crippen LogP contribution in [0.3, 0.4) is 0 Å². The number of nitrogens with two attached hydrogens (primary N) is 1. The maximum atomic E-state index is 13.0. The van der Waals surface area contributed by atoms with Gasteiger partial charge in [-0.2, -0.15) is 0 Å². The Kier molecular flexibility index (Phi) is 10.3. The molecule has 0 radical (unpaired) electrons. The van der Waals surface area contributed by atoms with Crippen LogP contribution in [0.5, 0.6) is 11.5 Å². The van der Waals surface area contributed by atoms with Crippen molar-refractivity contribution >= 4 is 63.5 Å². The summed E-state index contributed by atoms with van der Waals surface area (Å²) in [7, 11) is 1.56. The molecule has 46 heavy (non-hydrogen) atoms. The molecule has 234 valence electrons. The molecule has 0 fully saturated rings. The monoisotopic (exact) mass is 656 g/mol. The van der Waals surface area contributed by atoms with Crippen LogP contribution in [0, 0.1) is 6.92 Å². The number of aryl methyl sites for hydroxylation is 1. The molecule has 0 spiro atoms. The van der Waals surface area contributed by atoms with E-state index < -0.39 is 11.8 Å². The van der Waals surface area contributed by atoms with Crippen LogP contribution < -0.4 is 25.4 Å². The summed E-state index contributed by atoms with van der Waals surface area (Å²) in [5, 5.41) is 3.94. The Hall–Kier alpha value is -5.19. The molecule has 0 aliphatic heterocycles. The lowest BCUT2D eigenvalue weighted by Gasteiger charge is -2.22. The van der Waals surface area contributed by atoms with Crippen molar-refractivity contribution in [2.45, 2.75) is 20.1 Å². The van der Waals surface area contributed by atoms with Crippen LogP contribution >= 0.6 is 23.2 Å². The Morgan fingerprint density at radius 3 is 2.50 bits per heavy atom. The van der Waals surface area contributed by atoms with Crippen molar-refractivity contribution in [2.75, 3.05) is 24.2 Å². The van der Waals surface area contributed by atoms with Gasteiger partial charge in [0.1, 0.15) is 19.0 Å². The topological polar surface area (TPSA) is 133 Å². The number of aromatic nitrogens is 3. The largest absolute Gasteiger partial charge is 0.483 e. The lowest BCUT2D eigenvalue weighted by atomic mass is 10.1. The number of amides is 2. The number of nitrogens with zero attached hydrogens (tertiary/aromatic N) is 4. The number of nitrogen functional groups attached to an aromatic ring is 1.